The van der Waals surface area contributed by atoms with E-state index in [0.29, 0.717) is 6.04 Å². The Kier molecular flexibility index (Phi) is 1.67. The first-order valence-corrected chi connectivity index (χ1v) is 4.81. The molecular weight excluding hydrogens is 176 g/mol. The first kappa shape index (κ1) is 7.82. The number of hydrogen-bond donors (Lipinski definition) is 2. The van der Waals surface area contributed by atoms with Gasteiger partial charge in [-0.25, -0.2) is 0 Å². The number of H-pyrrole nitrogens is 1. The number of rotatable bonds is 2. The highest BCUT2D eigenvalue weighted by Crippen LogP contribution is 2.20. The minimum absolute atomic E-state index is 0.544. The molecule has 0 atom stereocenters. The van der Waals surface area contributed by atoms with Gasteiger partial charge in [-0.05, 0) is 6.07 Å². The lowest BCUT2D eigenvalue weighted by atomic mass is 10.2. The van der Waals surface area contributed by atoms with E-state index in [4.69, 9.17) is 0 Å². The van der Waals surface area contributed by atoms with Crippen molar-refractivity contribution in [3.63, 3.8) is 0 Å². The predicted octanol–water partition coefficient (Wildman–Crippen LogP) is 1.02. The van der Waals surface area contributed by atoms with Crippen molar-refractivity contribution in [2.45, 2.75) is 6.04 Å². The number of aromatic amines is 1. The van der Waals surface area contributed by atoms with E-state index in [0.717, 1.165) is 13.1 Å². The summed E-state index contributed by atoms with van der Waals surface area (Å²) >= 11 is 0. The van der Waals surface area contributed by atoms with E-state index in [1.165, 1.54) is 11.1 Å². The Morgan fingerprint density at radius 3 is 2.93 bits per heavy atom. The lowest BCUT2D eigenvalue weighted by Gasteiger charge is -2.27. The smallest absolute Gasteiger partial charge is 0.0767 e. The number of aromatic nitrogens is 3. The zero-order valence-electron chi connectivity index (χ0n) is 7.77. The number of hydrogen-bond acceptors (Lipinski definition) is 2. The van der Waals surface area contributed by atoms with Gasteiger partial charge < -0.3 is 10.3 Å². The largest absolute Gasteiger partial charge is 0.367 e. The average molecular weight is 188 g/mol. The molecule has 0 amide bonds. The Bertz CT molecular complexity index is 411. The van der Waals surface area contributed by atoms with Gasteiger partial charge in [0, 0.05) is 42.8 Å². The monoisotopic (exact) mass is 188 g/mol. The molecule has 0 aliphatic carbocycles. The van der Waals surface area contributed by atoms with Crippen molar-refractivity contribution >= 4 is 0 Å². The molecule has 0 saturated carbocycles. The Morgan fingerprint density at radius 2 is 2.29 bits per heavy atom. The van der Waals surface area contributed by atoms with Crippen molar-refractivity contribution < 1.29 is 0 Å². The van der Waals surface area contributed by atoms with Crippen molar-refractivity contribution in [3.05, 3.63) is 30.9 Å². The molecule has 0 bridgehead atoms. The molecule has 1 aliphatic heterocycles. The quantitative estimate of drug-likeness (QED) is 0.739. The van der Waals surface area contributed by atoms with Gasteiger partial charge >= 0.3 is 0 Å². The van der Waals surface area contributed by atoms with Crippen LogP contribution in [-0.4, -0.2) is 27.9 Å². The van der Waals surface area contributed by atoms with Crippen molar-refractivity contribution in [1.29, 1.82) is 0 Å². The van der Waals surface area contributed by atoms with Crippen LogP contribution in [-0.2, 0) is 0 Å². The maximum Gasteiger partial charge on any atom is 0.0767 e. The van der Waals surface area contributed by atoms with Crippen molar-refractivity contribution in [3.8, 4) is 11.1 Å². The van der Waals surface area contributed by atoms with Crippen LogP contribution in [0.3, 0.4) is 0 Å². The fourth-order valence-electron chi connectivity index (χ4n) is 1.65. The van der Waals surface area contributed by atoms with E-state index in [-0.39, 0.29) is 0 Å². The minimum Gasteiger partial charge on any atom is -0.367 e. The summed E-state index contributed by atoms with van der Waals surface area (Å²) in [4.78, 5) is 3.05. The fraction of sp³-hybridized carbons (Fsp3) is 0.300. The van der Waals surface area contributed by atoms with Crippen LogP contribution >= 0.6 is 0 Å². The molecule has 0 radical (unpaired) electrons. The van der Waals surface area contributed by atoms with Gasteiger partial charge in [-0.3, -0.25) is 4.68 Å². The van der Waals surface area contributed by atoms with Gasteiger partial charge in [-0.15, -0.1) is 0 Å². The van der Waals surface area contributed by atoms with Crippen molar-refractivity contribution in [2.75, 3.05) is 13.1 Å². The second kappa shape index (κ2) is 2.99. The summed E-state index contributed by atoms with van der Waals surface area (Å²) in [5, 5.41) is 7.59. The molecule has 2 aromatic heterocycles. The maximum atomic E-state index is 4.36. The van der Waals surface area contributed by atoms with Crippen LogP contribution in [0, 0.1) is 0 Å². The van der Waals surface area contributed by atoms with Crippen LogP contribution in [0.1, 0.15) is 6.04 Å². The highest BCUT2D eigenvalue weighted by Gasteiger charge is 2.19. The van der Waals surface area contributed by atoms with Gasteiger partial charge in [0.15, 0.2) is 0 Å². The van der Waals surface area contributed by atoms with Crippen molar-refractivity contribution in [1.82, 2.24) is 20.1 Å². The molecule has 0 spiro atoms. The van der Waals surface area contributed by atoms with Gasteiger partial charge in [0.1, 0.15) is 0 Å². The zero-order chi connectivity index (χ0) is 9.38. The van der Waals surface area contributed by atoms with E-state index >= 15 is 0 Å². The summed E-state index contributed by atoms with van der Waals surface area (Å²) in [7, 11) is 0. The van der Waals surface area contributed by atoms with E-state index in [9.17, 15) is 0 Å². The predicted molar refractivity (Wildman–Crippen MR) is 53.9 cm³/mol. The van der Waals surface area contributed by atoms with E-state index < -0.39 is 0 Å². The highest BCUT2D eigenvalue weighted by molar-refractivity contribution is 5.60. The number of nitrogens with one attached hydrogen (secondary N) is 2. The zero-order valence-corrected chi connectivity index (χ0v) is 7.77. The van der Waals surface area contributed by atoms with Gasteiger partial charge in [-0.2, -0.15) is 5.10 Å². The summed E-state index contributed by atoms with van der Waals surface area (Å²) < 4.78 is 2.04. The summed E-state index contributed by atoms with van der Waals surface area (Å²) in [5.74, 6) is 0. The van der Waals surface area contributed by atoms with Gasteiger partial charge in [0.2, 0.25) is 0 Å². The third kappa shape index (κ3) is 1.15. The molecule has 3 heterocycles. The standard InChI is InChI=1S/C10H12N4/c1-2-11-3-8(1)9-4-13-14(7-9)10-5-12-6-10/h1-4,7,10-12H,5-6H2. The second-order valence-electron chi connectivity index (χ2n) is 3.62. The van der Waals surface area contributed by atoms with Gasteiger partial charge in [-0.1, -0.05) is 0 Å². The molecule has 1 fully saturated rings. The molecule has 1 aliphatic rings. The molecule has 14 heavy (non-hydrogen) atoms. The topological polar surface area (TPSA) is 45.6 Å². The summed E-state index contributed by atoms with van der Waals surface area (Å²) in [5.41, 5.74) is 2.38. The lowest BCUT2D eigenvalue weighted by molar-refractivity contribution is 0.318. The average Bonchev–Trinajstić information content (AvgIpc) is 2.65. The lowest BCUT2D eigenvalue weighted by Crippen LogP contribution is -2.43. The summed E-state index contributed by atoms with van der Waals surface area (Å²) in [6.45, 7) is 2.07. The molecule has 0 unspecified atom stereocenters. The second-order valence-corrected chi connectivity index (χ2v) is 3.62. The van der Waals surface area contributed by atoms with E-state index in [1.54, 1.807) is 0 Å². The Balaban J connectivity index is 1.90. The molecule has 2 aromatic rings. The highest BCUT2D eigenvalue weighted by atomic mass is 15.3. The first-order valence-electron chi connectivity index (χ1n) is 4.81. The maximum absolute atomic E-state index is 4.36. The van der Waals surface area contributed by atoms with Crippen LogP contribution < -0.4 is 5.32 Å². The Morgan fingerprint density at radius 1 is 1.36 bits per heavy atom. The van der Waals surface area contributed by atoms with E-state index in [1.807, 2.05) is 23.3 Å². The molecule has 3 rings (SSSR count). The fourth-order valence-corrected chi connectivity index (χ4v) is 1.65. The summed E-state index contributed by atoms with van der Waals surface area (Å²) in [6.07, 6.45) is 7.94. The van der Waals surface area contributed by atoms with Crippen LogP contribution in [0.25, 0.3) is 11.1 Å². The van der Waals surface area contributed by atoms with Gasteiger partial charge in [0.25, 0.3) is 0 Å². The Labute approximate surface area is 81.9 Å². The summed E-state index contributed by atoms with van der Waals surface area (Å²) in [6, 6.07) is 2.60. The van der Waals surface area contributed by atoms with E-state index in [2.05, 4.69) is 27.7 Å². The molecule has 4 nitrogen and oxygen atoms in total. The Hall–Kier alpha value is -1.55. The van der Waals surface area contributed by atoms with Gasteiger partial charge in [0.05, 0.1) is 12.2 Å². The third-order valence-electron chi connectivity index (χ3n) is 2.67. The molecule has 0 aromatic carbocycles. The first-order chi connectivity index (χ1) is 6.93. The van der Waals surface area contributed by atoms with Crippen LogP contribution in [0.2, 0.25) is 0 Å². The number of nitrogens with zero attached hydrogens (tertiary/aromatic N) is 2. The molecular formula is C10H12N4. The van der Waals surface area contributed by atoms with Crippen LogP contribution in [0.15, 0.2) is 30.9 Å². The van der Waals surface area contributed by atoms with Crippen LogP contribution in [0.4, 0.5) is 0 Å². The molecule has 1 saturated heterocycles. The third-order valence-corrected chi connectivity index (χ3v) is 2.67. The normalized spacial score (nSPS) is 16.9. The SMILES string of the molecule is c1cc(-c2cnn(C3CNC3)c2)c[nH]1. The molecule has 72 valence electrons. The molecule has 4 heteroatoms. The molecule has 2 N–H and O–H groups in total. The minimum atomic E-state index is 0.544. The van der Waals surface area contributed by atoms with Crippen molar-refractivity contribution in [2.24, 2.45) is 0 Å². The van der Waals surface area contributed by atoms with Crippen LogP contribution in [0.5, 0.6) is 0 Å².